The highest BCUT2D eigenvalue weighted by Gasteiger charge is 2.44. The van der Waals surface area contributed by atoms with Crippen molar-refractivity contribution in [1.29, 1.82) is 0 Å². The maximum atomic E-state index is 12.7. The average Bonchev–Trinajstić information content (AvgIpc) is 3.13. The van der Waals surface area contributed by atoms with Crippen LogP contribution in [0.25, 0.3) is 0 Å². The third-order valence-electron chi connectivity index (χ3n) is 5.45. The lowest BCUT2D eigenvalue weighted by Crippen LogP contribution is -2.50. The van der Waals surface area contributed by atoms with E-state index in [2.05, 4.69) is 16.3 Å². The highest BCUT2D eigenvalue weighted by Crippen LogP contribution is 2.41. The number of amides is 1. The van der Waals surface area contributed by atoms with Crippen LogP contribution in [0.15, 0.2) is 41.1 Å². The number of benzene rings is 1. The molecule has 1 aromatic carbocycles. The third-order valence-corrected chi connectivity index (χ3v) is 6.15. The average molecular weight is 342 g/mol. The van der Waals surface area contributed by atoms with Crippen molar-refractivity contribution in [3.63, 3.8) is 0 Å². The van der Waals surface area contributed by atoms with E-state index in [1.807, 2.05) is 35.0 Å². The lowest BCUT2D eigenvalue weighted by atomic mass is 9.71. The van der Waals surface area contributed by atoms with Crippen molar-refractivity contribution < 1.29 is 9.90 Å². The van der Waals surface area contributed by atoms with Crippen molar-refractivity contribution in [2.45, 2.75) is 25.4 Å². The predicted molar refractivity (Wildman–Crippen MR) is 96.2 cm³/mol. The van der Waals surface area contributed by atoms with Gasteiger partial charge in [-0.05, 0) is 66.4 Å². The van der Waals surface area contributed by atoms with Crippen molar-refractivity contribution in [2.75, 3.05) is 25.0 Å². The number of carbonyl (C=O) groups is 1. The first-order valence-electron chi connectivity index (χ1n) is 8.48. The fourth-order valence-corrected chi connectivity index (χ4v) is 4.59. The number of hydrogen-bond donors (Lipinski definition) is 2. The van der Waals surface area contributed by atoms with Gasteiger partial charge in [-0.3, -0.25) is 4.79 Å². The molecule has 4 nitrogen and oxygen atoms in total. The fraction of sp³-hybridized carbons (Fsp3) is 0.421. The molecule has 3 heterocycles. The van der Waals surface area contributed by atoms with E-state index in [-0.39, 0.29) is 11.3 Å². The molecule has 1 aromatic heterocycles. The molecule has 1 saturated heterocycles. The number of piperidine rings is 1. The summed E-state index contributed by atoms with van der Waals surface area (Å²) in [4.78, 5) is 15.0. The van der Waals surface area contributed by atoms with E-state index in [1.54, 1.807) is 11.3 Å². The number of thiophene rings is 1. The van der Waals surface area contributed by atoms with Crippen LogP contribution in [-0.2, 0) is 11.2 Å². The summed E-state index contributed by atoms with van der Waals surface area (Å²) in [6.45, 7) is 2.36. The maximum absolute atomic E-state index is 12.7. The topological polar surface area (TPSA) is 52.6 Å². The molecule has 2 aromatic rings. The van der Waals surface area contributed by atoms with Gasteiger partial charge in [0.2, 0.25) is 5.91 Å². The number of carbonyl (C=O) groups excluding carboxylic acids is 1. The van der Waals surface area contributed by atoms with E-state index >= 15 is 0 Å². The predicted octanol–water partition coefficient (Wildman–Crippen LogP) is 3.06. The summed E-state index contributed by atoms with van der Waals surface area (Å²) in [7, 11) is 0. The summed E-state index contributed by atoms with van der Waals surface area (Å²) in [6, 6.07) is 10.1. The number of nitrogens with zero attached hydrogens (tertiary/aromatic N) is 1. The Morgan fingerprint density at radius 1 is 1.25 bits per heavy atom. The largest absolute Gasteiger partial charge is 0.387 e. The molecule has 24 heavy (non-hydrogen) atoms. The molecule has 2 aliphatic rings. The molecule has 2 N–H and O–H groups in total. The van der Waals surface area contributed by atoms with Gasteiger partial charge in [0, 0.05) is 12.2 Å². The smallest absolute Gasteiger partial charge is 0.231 e. The van der Waals surface area contributed by atoms with Crippen molar-refractivity contribution >= 4 is 22.9 Å². The number of rotatable bonds is 3. The number of anilines is 1. The van der Waals surface area contributed by atoms with Crippen molar-refractivity contribution in [3.05, 3.63) is 52.2 Å². The Bertz CT molecular complexity index is 721. The van der Waals surface area contributed by atoms with Crippen LogP contribution in [0.2, 0.25) is 0 Å². The number of hydrogen-bond acceptors (Lipinski definition) is 4. The number of para-hydroxylation sites is 1. The van der Waals surface area contributed by atoms with E-state index in [4.69, 9.17) is 0 Å². The van der Waals surface area contributed by atoms with Crippen LogP contribution in [0.4, 0.5) is 5.69 Å². The van der Waals surface area contributed by atoms with E-state index in [0.29, 0.717) is 6.54 Å². The SMILES string of the molecule is O=C1Nc2ccccc2CC12CCN(CC(O)c1ccsc1)CC2. The Labute approximate surface area is 146 Å². The van der Waals surface area contributed by atoms with Gasteiger partial charge in [-0.15, -0.1) is 0 Å². The maximum Gasteiger partial charge on any atom is 0.231 e. The minimum absolute atomic E-state index is 0.166. The Balaban J connectivity index is 1.41. The molecule has 1 fully saturated rings. The molecular weight excluding hydrogens is 320 g/mol. The molecule has 4 rings (SSSR count). The number of nitrogens with one attached hydrogen (secondary N) is 1. The number of β-amino-alcohol motifs (C(OH)–C–C–N with tert-alkyl or cyclic N) is 1. The second-order valence-corrected chi connectivity index (χ2v) is 7.72. The number of fused-ring (bicyclic) bond motifs is 1. The monoisotopic (exact) mass is 342 g/mol. The lowest BCUT2D eigenvalue weighted by Gasteiger charge is -2.43. The zero-order chi connectivity index (χ0) is 16.6. The van der Waals surface area contributed by atoms with Crippen LogP contribution in [0.5, 0.6) is 0 Å². The zero-order valence-corrected chi connectivity index (χ0v) is 14.4. The number of likely N-dealkylation sites (tertiary alicyclic amines) is 1. The normalized spacial score (nSPS) is 21.3. The summed E-state index contributed by atoms with van der Waals surface area (Å²) in [5.41, 5.74) is 2.91. The van der Waals surface area contributed by atoms with Gasteiger partial charge in [-0.2, -0.15) is 11.3 Å². The van der Waals surface area contributed by atoms with Crippen LogP contribution in [0.1, 0.15) is 30.1 Å². The molecule has 5 heteroatoms. The van der Waals surface area contributed by atoms with Crippen LogP contribution in [-0.4, -0.2) is 35.5 Å². The van der Waals surface area contributed by atoms with Gasteiger partial charge in [0.05, 0.1) is 11.5 Å². The van der Waals surface area contributed by atoms with E-state index in [1.165, 1.54) is 5.56 Å². The first kappa shape index (κ1) is 15.8. The first-order chi connectivity index (χ1) is 11.7. The molecule has 0 aliphatic carbocycles. The quantitative estimate of drug-likeness (QED) is 0.901. The zero-order valence-electron chi connectivity index (χ0n) is 13.6. The van der Waals surface area contributed by atoms with Gasteiger partial charge in [0.15, 0.2) is 0 Å². The molecule has 1 atom stereocenters. The van der Waals surface area contributed by atoms with Crippen molar-refractivity contribution in [2.24, 2.45) is 5.41 Å². The minimum atomic E-state index is -0.439. The van der Waals surface area contributed by atoms with Gasteiger partial charge >= 0.3 is 0 Å². The van der Waals surface area contributed by atoms with E-state index in [9.17, 15) is 9.90 Å². The number of aliphatic hydroxyl groups is 1. The minimum Gasteiger partial charge on any atom is -0.387 e. The van der Waals surface area contributed by atoms with Crippen LogP contribution in [0.3, 0.4) is 0 Å². The second-order valence-electron chi connectivity index (χ2n) is 6.94. The van der Waals surface area contributed by atoms with Gasteiger partial charge in [-0.25, -0.2) is 0 Å². The molecule has 1 unspecified atom stereocenters. The van der Waals surface area contributed by atoms with Gasteiger partial charge in [0.25, 0.3) is 0 Å². The summed E-state index contributed by atoms with van der Waals surface area (Å²) >= 11 is 1.61. The van der Waals surface area contributed by atoms with Crippen molar-refractivity contribution in [1.82, 2.24) is 4.90 Å². The summed E-state index contributed by atoms with van der Waals surface area (Å²) < 4.78 is 0. The van der Waals surface area contributed by atoms with Gasteiger partial charge < -0.3 is 15.3 Å². The third kappa shape index (κ3) is 2.88. The second kappa shape index (κ2) is 6.31. The van der Waals surface area contributed by atoms with Crippen LogP contribution < -0.4 is 5.32 Å². The summed E-state index contributed by atoms with van der Waals surface area (Å²) in [6.07, 6.45) is 2.09. The first-order valence-corrected chi connectivity index (χ1v) is 9.42. The van der Waals surface area contributed by atoms with Crippen molar-refractivity contribution in [3.8, 4) is 0 Å². The highest BCUT2D eigenvalue weighted by molar-refractivity contribution is 7.07. The summed E-state index contributed by atoms with van der Waals surface area (Å²) in [5.74, 6) is 0.166. The van der Waals surface area contributed by atoms with E-state index < -0.39 is 6.10 Å². The van der Waals surface area contributed by atoms with E-state index in [0.717, 1.165) is 43.6 Å². The standard InChI is InChI=1S/C19H22N2O2S/c22-17(15-5-10-24-13-15)12-21-8-6-19(7-9-21)11-14-3-1-2-4-16(14)20-18(19)23/h1-5,10,13,17,22H,6-9,11-12H2,(H,20,23). The molecule has 1 spiro atoms. The molecule has 2 aliphatic heterocycles. The molecule has 126 valence electrons. The molecule has 1 amide bonds. The Kier molecular flexibility index (Phi) is 4.16. The Morgan fingerprint density at radius 2 is 2.04 bits per heavy atom. The molecule has 0 radical (unpaired) electrons. The highest BCUT2D eigenvalue weighted by atomic mass is 32.1. The Morgan fingerprint density at radius 3 is 2.79 bits per heavy atom. The van der Waals surface area contributed by atoms with Crippen LogP contribution in [0, 0.1) is 5.41 Å². The molecular formula is C19H22N2O2S. The molecule has 0 bridgehead atoms. The molecule has 0 saturated carbocycles. The summed E-state index contributed by atoms with van der Waals surface area (Å²) in [5, 5.41) is 17.4. The number of aliphatic hydroxyl groups excluding tert-OH is 1. The Hall–Kier alpha value is -1.69. The van der Waals surface area contributed by atoms with Gasteiger partial charge in [0.1, 0.15) is 0 Å². The van der Waals surface area contributed by atoms with Crippen LogP contribution >= 0.6 is 11.3 Å². The lowest BCUT2D eigenvalue weighted by molar-refractivity contribution is -0.129. The van der Waals surface area contributed by atoms with Gasteiger partial charge in [-0.1, -0.05) is 18.2 Å². The fourth-order valence-electron chi connectivity index (χ4n) is 3.88.